The molecule has 0 saturated heterocycles. The highest BCUT2D eigenvalue weighted by molar-refractivity contribution is 14.1. The van der Waals surface area contributed by atoms with Gasteiger partial charge in [-0.1, -0.05) is 53.6 Å². The molecule has 1 aromatic rings. The van der Waals surface area contributed by atoms with Crippen LogP contribution < -0.4 is 5.32 Å². The zero-order valence-electron chi connectivity index (χ0n) is 11.4. The molecule has 0 aliphatic heterocycles. The number of carbonyl (C=O) groups excluding carboxylic acids is 2. The third kappa shape index (κ3) is 5.61. The van der Waals surface area contributed by atoms with Crippen LogP contribution in [0.1, 0.15) is 24.2 Å². The second-order valence-electron chi connectivity index (χ2n) is 4.10. The number of alkyl halides is 1. The Morgan fingerprint density at radius 2 is 2.00 bits per heavy atom. The average Bonchev–Trinajstić information content (AvgIpc) is 2.44. The second-order valence-corrected chi connectivity index (χ2v) is 6.07. The van der Waals surface area contributed by atoms with E-state index in [0.29, 0.717) is 12.1 Å². The summed E-state index contributed by atoms with van der Waals surface area (Å²) in [5, 5.41) is 2.56. The van der Waals surface area contributed by atoms with Crippen LogP contribution in [0.5, 0.6) is 0 Å². The van der Waals surface area contributed by atoms with E-state index in [1.807, 2.05) is 6.92 Å². The minimum Gasteiger partial charge on any atom is -0.373 e. The number of rotatable bonds is 4. The molecular formula is C15H16INO3. The molecule has 4 nitrogen and oxygen atoms in total. The van der Waals surface area contributed by atoms with Crippen LogP contribution in [0.3, 0.4) is 0 Å². The van der Waals surface area contributed by atoms with Gasteiger partial charge in [-0.3, -0.25) is 0 Å². The van der Waals surface area contributed by atoms with E-state index in [-0.39, 0.29) is 9.84 Å². The van der Waals surface area contributed by atoms with Gasteiger partial charge in [0.05, 0.1) is 5.56 Å². The number of benzene rings is 1. The number of alkyl carbamates (subject to hydrolysis) is 1. The van der Waals surface area contributed by atoms with E-state index in [1.165, 1.54) is 0 Å². The molecule has 0 fully saturated rings. The number of esters is 1. The van der Waals surface area contributed by atoms with Crippen LogP contribution in [0.2, 0.25) is 0 Å². The molecule has 1 rings (SSSR count). The number of ether oxygens (including phenoxy) is 1. The maximum absolute atomic E-state index is 11.6. The summed E-state index contributed by atoms with van der Waals surface area (Å²) in [5.41, 5.74) is 0.342. The van der Waals surface area contributed by atoms with Gasteiger partial charge < -0.3 is 10.1 Å². The lowest BCUT2D eigenvalue weighted by atomic mass is 10.1. The molecule has 1 amide bonds. The number of amides is 1. The molecule has 20 heavy (non-hydrogen) atoms. The summed E-state index contributed by atoms with van der Waals surface area (Å²) in [7, 11) is 0. The molecule has 2 atom stereocenters. The zero-order valence-corrected chi connectivity index (χ0v) is 13.5. The molecule has 0 aliphatic rings. The minimum atomic E-state index is -0.751. The topological polar surface area (TPSA) is 55.4 Å². The Balaban J connectivity index is 2.47. The minimum absolute atomic E-state index is 0.0278. The van der Waals surface area contributed by atoms with Crippen LogP contribution in [0.15, 0.2) is 30.3 Å². The summed E-state index contributed by atoms with van der Waals surface area (Å²) in [6, 6.07) is 8.38. The summed E-state index contributed by atoms with van der Waals surface area (Å²) in [4.78, 5) is 23.2. The van der Waals surface area contributed by atoms with Gasteiger partial charge in [-0.25, -0.2) is 9.59 Å². The molecule has 1 N–H and O–H groups in total. The molecule has 0 spiro atoms. The van der Waals surface area contributed by atoms with E-state index in [4.69, 9.17) is 4.74 Å². The first-order valence-electron chi connectivity index (χ1n) is 6.16. The van der Waals surface area contributed by atoms with Crippen molar-refractivity contribution < 1.29 is 14.3 Å². The Morgan fingerprint density at radius 3 is 2.55 bits per heavy atom. The van der Waals surface area contributed by atoms with Gasteiger partial charge in [0.25, 0.3) is 0 Å². The maximum Gasteiger partial charge on any atom is 0.415 e. The Bertz CT molecular complexity index is 517. The monoisotopic (exact) mass is 385 g/mol. The highest BCUT2D eigenvalue weighted by atomic mass is 127. The van der Waals surface area contributed by atoms with E-state index in [9.17, 15) is 9.59 Å². The van der Waals surface area contributed by atoms with Gasteiger partial charge in [0.1, 0.15) is 0 Å². The van der Waals surface area contributed by atoms with Crippen molar-refractivity contribution >= 4 is 34.7 Å². The first-order valence-corrected chi connectivity index (χ1v) is 7.40. The van der Waals surface area contributed by atoms with Crippen LogP contribution in [0.4, 0.5) is 4.79 Å². The van der Waals surface area contributed by atoms with Crippen LogP contribution in [-0.4, -0.2) is 22.5 Å². The Morgan fingerprint density at radius 1 is 1.35 bits per heavy atom. The molecule has 1 aromatic carbocycles. The van der Waals surface area contributed by atoms with Crippen LogP contribution >= 0.6 is 22.6 Å². The van der Waals surface area contributed by atoms with Gasteiger partial charge >= 0.3 is 12.1 Å². The number of nitrogens with one attached hydrogen (secondary N) is 1. The van der Waals surface area contributed by atoms with Crippen molar-refractivity contribution in [3.8, 4) is 11.8 Å². The Labute approximate surface area is 132 Å². The Kier molecular flexibility index (Phi) is 7.09. The molecule has 0 aliphatic carbocycles. The summed E-state index contributed by atoms with van der Waals surface area (Å²) < 4.78 is 4.99. The van der Waals surface area contributed by atoms with Crippen LogP contribution in [0.25, 0.3) is 0 Å². The van der Waals surface area contributed by atoms with Crippen molar-refractivity contribution in [1.29, 1.82) is 0 Å². The van der Waals surface area contributed by atoms with Crippen molar-refractivity contribution in [2.75, 3.05) is 6.54 Å². The van der Waals surface area contributed by atoms with E-state index < -0.39 is 12.1 Å². The smallest absolute Gasteiger partial charge is 0.373 e. The summed E-state index contributed by atoms with van der Waals surface area (Å²) >= 11 is 2.25. The SMILES string of the molecule is CC#CC(CNC(=O)OC(=O)c1ccccc1)C(C)I. The lowest BCUT2D eigenvalue weighted by Gasteiger charge is -2.13. The molecule has 0 bridgehead atoms. The van der Waals surface area contributed by atoms with Gasteiger partial charge in [-0.15, -0.1) is 5.92 Å². The van der Waals surface area contributed by atoms with Crippen molar-refractivity contribution in [3.63, 3.8) is 0 Å². The van der Waals surface area contributed by atoms with Crippen molar-refractivity contribution in [3.05, 3.63) is 35.9 Å². The van der Waals surface area contributed by atoms with E-state index in [1.54, 1.807) is 37.3 Å². The third-order valence-corrected chi connectivity index (χ3v) is 3.41. The summed E-state index contributed by atoms with van der Waals surface area (Å²) in [5.74, 6) is 5.20. The van der Waals surface area contributed by atoms with Gasteiger partial charge in [0.2, 0.25) is 0 Å². The highest BCUT2D eigenvalue weighted by Crippen LogP contribution is 2.11. The number of hydrogen-bond acceptors (Lipinski definition) is 3. The quantitative estimate of drug-likeness (QED) is 0.285. The third-order valence-electron chi connectivity index (χ3n) is 2.55. The molecule has 0 radical (unpaired) electrons. The van der Waals surface area contributed by atoms with Crippen molar-refractivity contribution in [2.45, 2.75) is 17.8 Å². The number of halogens is 1. The van der Waals surface area contributed by atoms with Crippen molar-refractivity contribution in [1.82, 2.24) is 5.32 Å². The maximum atomic E-state index is 11.6. The highest BCUT2D eigenvalue weighted by Gasteiger charge is 2.16. The average molecular weight is 385 g/mol. The molecule has 2 unspecified atom stereocenters. The first-order chi connectivity index (χ1) is 9.54. The fraction of sp³-hybridized carbons (Fsp3) is 0.333. The van der Waals surface area contributed by atoms with Gasteiger partial charge in [0, 0.05) is 16.4 Å². The van der Waals surface area contributed by atoms with Gasteiger partial charge in [-0.05, 0) is 19.1 Å². The normalized spacial score (nSPS) is 12.6. The van der Waals surface area contributed by atoms with E-state index in [0.717, 1.165) is 0 Å². The predicted molar refractivity (Wildman–Crippen MR) is 85.7 cm³/mol. The van der Waals surface area contributed by atoms with Crippen LogP contribution in [0, 0.1) is 17.8 Å². The molecule has 0 saturated carbocycles. The molecule has 5 heteroatoms. The molecule has 0 heterocycles. The Hall–Kier alpha value is -1.55. The largest absolute Gasteiger partial charge is 0.415 e. The summed E-state index contributed by atoms with van der Waals surface area (Å²) in [6.07, 6.45) is -0.751. The fourth-order valence-electron chi connectivity index (χ4n) is 1.46. The molecular weight excluding hydrogens is 369 g/mol. The number of carbonyl (C=O) groups is 2. The van der Waals surface area contributed by atoms with E-state index >= 15 is 0 Å². The molecule has 0 aromatic heterocycles. The standard InChI is InChI=1S/C15H16INO3/c1-3-7-13(11(2)16)10-17-15(19)20-14(18)12-8-5-4-6-9-12/h4-6,8-9,11,13H,10H2,1-2H3,(H,17,19). The van der Waals surface area contributed by atoms with Crippen LogP contribution in [-0.2, 0) is 4.74 Å². The second kappa shape index (κ2) is 8.59. The fourth-order valence-corrected chi connectivity index (χ4v) is 1.89. The van der Waals surface area contributed by atoms with Gasteiger partial charge in [0.15, 0.2) is 0 Å². The molecule has 106 valence electrons. The number of hydrogen-bond donors (Lipinski definition) is 1. The zero-order chi connectivity index (χ0) is 15.0. The van der Waals surface area contributed by atoms with Gasteiger partial charge in [-0.2, -0.15) is 0 Å². The van der Waals surface area contributed by atoms with E-state index in [2.05, 4.69) is 39.7 Å². The lowest BCUT2D eigenvalue weighted by molar-refractivity contribution is 0.0621. The summed E-state index contributed by atoms with van der Waals surface area (Å²) in [6.45, 7) is 4.12. The lowest BCUT2D eigenvalue weighted by Crippen LogP contribution is -2.33. The van der Waals surface area contributed by atoms with Crippen molar-refractivity contribution in [2.24, 2.45) is 5.92 Å². The predicted octanol–water partition coefficient (Wildman–Crippen LogP) is 3.02. The first kappa shape index (κ1) is 16.5.